The largest absolute Gasteiger partial charge is 0.494 e. The molecule has 1 aromatic carbocycles. The van der Waals surface area contributed by atoms with Crippen molar-refractivity contribution in [3.05, 3.63) is 48.3 Å². The Morgan fingerprint density at radius 1 is 1.14 bits per heavy atom. The molecular formula is C22H34N6O. The molecule has 3 rings (SSSR count). The molecular weight excluding hydrogens is 364 g/mol. The van der Waals surface area contributed by atoms with Crippen molar-refractivity contribution in [1.82, 2.24) is 30.0 Å². The predicted molar refractivity (Wildman–Crippen MR) is 115 cm³/mol. The molecule has 158 valence electrons. The maximum absolute atomic E-state index is 5.64. The van der Waals surface area contributed by atoms with Crippen LogP contribution in [-0.4, -0.2) is 69.3 Å². The summed E-state index contributed by atoms with van der Waals surface area (Å²) in [4.78, 5) is 4.92. The standard InChI is InChI=1S/C22H34N6O/c1-6-13-26-14-16-27(17-15-26)20(18-9-11-19(12-10-18)29-8-3)21-23-24-25-28(21)22(4,5)7-2/h6,9-12,20H,1,7-8,13-17H2,2-5H3. The fraction of sp³-hybridized carbons (Fsp3) is 0.591. The van der Waals surface area contributed by atoms with Crippen molar-refractivity contribution >= 4 is 0 Å². The van der Waals surface area contributed by atoms with E-state index in [0.29, 0.717) is 6.61 Å². The molecule has 1 fully saturated rings. The lowest BCUT2D eigenvalue weighted by atomic mass is 9.99. The Morgan fingerprint density at radius 2 is 1.83 bits per heavy atom. The highest BCUT2D eigenvalue weighted by atomic mass is 16.5. The van der Waals surface area contributed by atoms with E-state index in [2.05, 4.69) is 64.8 Å². The lowest BCUT2D eigenvalue weighted by Gasteiger charge is -2.39. The Hall–Kier alpha value is -2.25. The summed E-state index contributed by atoms with van der Waals surface area (Å²) in [6.45, 7) is 18.0. The van der Waals surface area contributed by atoms with Crippen LogP contribution in [0.1, 0.15) is 51.5 Å². The van der Waals surface area contributed by atoms with Crippen LogP contribution >= 0.6 is 0 Å². The minimum atomic E-state index is -0.146. The molecule has 0 bridgehead atoms. The summed E-state index contributed by atoms with van der Waals surface area (Å²) in [7, 11) is 0. The van der Waals surface area contributed by atoms with E-state index in [1.165, 1.54) is 5.56 Å². The summed E-state index contributed by atoms with van der Waals surface area (Å²) < 4.78 is 7.64. The summed E-state index contributed by atoms with van der Waals surface area (Å²) in [6.07, 6.45) is 2.93. The summed E-state index contributed by atoms with van der Waals surface area (Å²) in [6, 6.07) is 8.38. The Labute approximate surface area is 174 Å². The Kier molecular flexibility index (Phi) is 7.03. The molecule has 2 aromatic rings. The van der Waals surface area contributed by atoms with Crippen LogP contribution in [0.15, 0.2) is 36.9 Å². The van der Waals surface area contributed by atoms with Gasteiger partial charge in [-0.1, -0.05) is 25.1 Å². The molecule has 1 aliphatic rings. The van der Waals surface area contributed by atoms with Crippen molar-refractivity contribution < 1.29 is 4.74 Å². The first-order valence-corrected chi connectivity index (χ1v) is 10.6. The molecule has 1 atom stereocenters. The zero-order valence-electron chi connectivity index (χ0n) is 18.2. The Morgan fingerprint density at radius 3 is 2.41 bits per heavy atom. The smallest absolute Gasteiger partial charge is 0.173 e. The number of rotatable bonds is 9. The average Bonchev–Trinajstić information content (AvgIpc) is 3.21. The van der Waals surface area contributed by atoms with Gasteiger partial charge in [0.15, 0.2) is 5.82 Å². The van der Waals surface area contributed by atoms with E-state index in [-0.39, 0.29) is 11.6 Å². The van der Waals surface area contributed by atoms with Crippen LogP contribution in [0.3, 0.4) is 0 Å². The van der Waals surface area contributed by atoms with E-state index in [4.69, 9.17) is 4.74 Å². The van der Waals surface area contributed by atoms with Crippen LogP contribution in [0, 0.1) is 0 Å². The van der Waals surface area contributed by atoms with Crippen LogP contribution in [0.5, 0.6) is 5.75 Å². The zero-order valence-corrected chi connectivity index (χ0v) is 18.2. The zero-order chi connectivity index (χ0) is 20.9. The van der Waals surface area contributed by atoms with Crippen LogP contribution in [-0.2, 0) is 5.54 Å². The fourth-order valence-electron chi connectivity index (χ4n) is 3.77. The van der Waals surface area contributed by atoms with Gasteiger partial charge < -0.3 is 4.74 Å². The van der Waals surface area contributed by atoms with Crippen molar-refractivity contribution in [1.29, 1.82) is 0 Å². The molecule has 1 aromatic heterocycles. The first-order valence-electron chi connectivity index (χ1n) is 10.6. The minimum Gasteiger partial charge on any atom is -0.494 e. The molecule has 1 unspecified atom stereocenters. The summed E-state index contributed by atoms with van der Waals surface area (Å²) in [5, 5.41) is 12.9. The van der Waals surface area contributed by atoms with E-state index in [0.717, 1.165) is 50.7 Å². The van der Waals surface area contributed by atoms with Crippen molar-refractivity contribution in [2.45, 2.75) is 45.7 Å². The van der Waals surface area contributed by atoms with Gasteiger partial charge in [-0.05, 0) is 55.3 Å². The van der Waals surface area contributed by atoms with Crippen LogP contribution in [0.4, 0.5) is 0 Å². The number of benzene rings is 1. The highest BCUT2D eigenvalue weighted by Gasteiger charge is 2.33. The lowest BCUT2D eigenvalue weighted by Crippen LogP contribution is -2.48. The molecule has 29 heavy (non-hydrogen) atoms. The maximum atomic E-state index is 5.64. The van der Waals surface area contributed by atoms with Crippen molar-refractivity contribution in [3.8, 4) is 5.75 Å². The lowest BCUT2D eigenvalue weighted by molar-refractivity contribution is 0.109. The number of piperazine rings is 1. The summed E-state index contributed by atoms with van der Waals surface area (Å²) in [5.41, 5.74) is 1.04. The van der Waals surface area contributed by atoms with Gasteiger partial charge in [-0.15, -0.1) is 11.7 Å². The third-order valence-corrected chi connectivity index (χ3v) is 5.84. The fourth-order valence-corrected chi connectivity index (χ4v) is 3.77. The summed E-state index contributed by atoms with van der Waals surface area (Å²) in [5.74, 6) is 1.79. The SMILES string of the molecule is C=CCN1CCN(C(c2ccc(OCC)cc2)c2nnnn2C(C)(C)CC)CC1. The van der Waals surface area contributed by atoms with E-state index < -0.39 is 0 Å². The average molecular weight is 399 g/mol. The van der Waals surface area contributed by atoms with Gasteiger partial charge in [-0.3, -0.25) is 9.80 Å². The predicted octanol–water partition coefficient (Wildman–Crippen LogP) is 3.11. The van der Waals surface area contributed by atoms with Crippen LogP contribution in [0.25, 0.3) is 0 Å². The van der Waals surface area contributed by atoms with Gasteiger partial charge in [-0.25, -0.2) is 4.68 Å². The summed E-state index contributed by atoms with van der Waals surface area (Å²) >= 11 is 0. The molecule has 0 saturated carbocycles. The van der Waals surface area contributed by atoms with Crippen molar-refractivity contribution in [3.63, 3.8) is 0 Å². The monoisotopic (exact) mass is 398 g/mol. The first-order chi connectivity index (χ1) is 14.0. The number of tetrazole rings is 1. The number of hydrogen-bond acceptors (Lipinski definition) is 6. The number of hydrogen-bond donors (Lipinski definition) is 0. The molecule has 7 heteroatoms. The number of ether oxygens (including phenoxy) is 1. The van der Waals surface area contributed by atoms with E-state index >= 15 is 0 Å². The molecule has 0 N–H and O–H groups in total. The Bertz CT molecular complexity index is 777. The first kappa shape index (κ1) is 21.5. The highest BCUT2D eigenvalue weighted by molar-refractivity contribution is 5.32. The molecule has 0 amide bonds. The maximum Gasteiger partial charge on any atom is 0.173 e. The molecule has 0 spiro atoms. The Balaban J connectivity index is 1.95. The van der Waals surface area contributed by atoms with Crippen molar-refractivity contribution in [2.75, 3.05) is 39.3 Å². The van der Waals surface area contributed by atoms with E-state index in [1.807, 2.05) is 29.8 Å². The highest BCUT2D eigenvalue weighted by Crippen LogP contribution is 2.32. The van der Waals surface area contributed by atoms with Gasteiger partial charge in [0.1, 0.15) is 5.75 Å². The quantitative estimate of drug-likeness (QED) is 0.605. The molecule has 0 aliphatic carbocycles. The third kappa shape index (κ3) is 4.85. The van der Waals surface area contributed by atoms with Crippen LogP contribution in [0.2, 0.25) is 0 Å². The third-order valence-electron chi connectivity index (χ3n) is 5.84. The molecule has 7 nitrogen and oxygen atoms in total. The van der Waals surface area contributed by atoms with Gasteiger partial charge in [-0.2, -0.15) is 0 Å². The van der Waals surface area contributed by atoms with Crippen molar-refractivity contribution in [2.24, 2.45) is 0 Å². The van der Waals surface area contributed by atoms with Gasteiger partial charge >= 0.3 is 0 Å². The second-order valence-corrected chi connectivity index (χ2v) is 8.14. The molecule has 1 saturated heterocycles. The van der Waals surface area contributed by atoms with Crippen LogP contribution < -0.4 is 4.74 Å². The van der Waals surface area contributed by atoms with E-state index in [9.17, 15) is 0 Å². The van der Waals surface area contributed by atoms with Gasteiger partial charge in [0, 0.05) is 32.7 Å². The number of nitrogens with zero attached hydrogens (tertiary/aromatic N) is 6. The second-order valence-electron chi connectivity index (χ2n) is 8.14. The second kappa shape index (κ2) is 9.50. The molecule has 0 radical (unpaired) electrons. The molecule has 1 aliphatic heterocycles. The van der Waals surface area contributed by atoms with Gasteiger partial charge in [0.05, 0.1) is 18.2 Å². The number of aromatic nitrogens is 4. The topological polar surface area (TPSA) is 59.3 Å². The minimum absolute atomic E-state index is 0.0115. The molecule has 2 heterocycles. The van der Waals surface area contributed by atoms with Gasteiger partial charge in [0.2, 0.25) is 0 Å². The normalized spacial score (nSPS) is 17.2. The van der Waals surface area contributed by atoms with Gasteiger partial charge in [0.25, 0.3) is 0 Å². The van der Waals surface area contributed by atoms with E-state index in [1.54, 1.807) is 0 Å².